The number of hydrogen-bond acceptors (Lipinski definition) is 4. The first-order chi connectivity index (χ1) is 12.5. The molecule has 3 aromatic rings. The topological polar surface area (TPSA) is 73.2 Å². The summed E-state index contributed by atoms with van der Waals surface area (Å²) in [6.45, 7) is 2.23. The molecular weight excluding hydrogens is 422 g/mol. The second-order valence-electron chi connectivity index (χ2n) is 5.43. The van der Waals surface area contributed by atoms with Gasteiger partial charge in [-0.05, 0) is 47.1 Å². The Hall–Kier alpha value is -2.38. The number of para-hydroxylation sites is 1. The summed E-state index contributed by atoms with van der Waals surface area (Å²) in [5.41, 5.74) is 0.865. The van der Waals surface area contributed by atoms with Crippen molar-refractivity contribution >= 4 is 50.0 Å². The Morgan fingerprint density at radius 1 is 1.35 bits per heavy atom. The van der Waals surface area contributed by atoms with E-state index in [2.05, 4.69) is 26.3 Å². The smallest absolute Gasteiger partial charge is 0.246 e. The molecule has 0 aliphatic rings. The molecule has 8 heteroatoms. The summed E-state index contributed by atoms with van der Waals surface area (Å²) in [4.78, 5) is 24.4. The number of amides is 1. The van der Waals surface area contributed by atoms with Crippen LogP contribution in [0.5, 0.6) is 5.75 Å². The third-order valence-corrected chi connectivity index (χ3v) is 4.43. The van der Waals surface area contributed by atoms with Gasteiger partial charge in [0.2, 0.25) is 11.3 Å². The maximum Gasteiger partial charge on any atom is 0.246 e. The van der Waals surface area contributed by atoms with Gasteiger partial charge in [0.05, 0.1) is 28.5 Å². The van der Waals surface area contributed by atoms with Crippen molar-refractivity contribution in [3.8, 4) is 5.75 Å². The van der Waals surface area contributed by atoms with Crippen LogP contribution in [-0.4, -0.2) is 22.3 Å². The number of nitrogens with one attached hydrogen (secondary N) is 1. The summed E-state index contributed by atoms with van der Waals surface area (Å²) in [5.74, 6) is 0.185. The van der Waals surface area contributed by atoms with Crippen LogP contribution < -0.4 is 15.5 Å². The predicted octanol–water partition coefficient (Wildman–Crippen LogP) is 3.85. The molecule has 3 rings (SSSR count). The normalized spacial score (nSPS) is 10.7. The predicted molar refractivity (Wildman–Crippen MR) is 105 cm³/mol. The molecule has 134 valence electrons. The van der Waals surface area contributed by atoms with Crippen molar-refractivity contribution in [2.45, 2.75) is 13.5 Å². The molecule has 0 atom stereocenters. The minimum atomic E-state index is -0.318. The van der Waals surface area contributed by atoms with Crippen LogP contribution in [0.15, 0.2) is 51.9 Å². The van der Waals surface area contributed by atoms with E-state index >= 15 is 0 Å². The van der Waals surface area contributed by atoms with Crippen molar-refractivity contribution in [2.75, 3.05) is 11.9 Å². The fraction of sp³-hybridized carbons (Fsp3) is 0.167. The monoisotopic (exact) mass is 435 g/mol. The fourth-order valence-corrected chi connectivity index (χ4v) is 3.48. The first kappa shape index (κ1) is 18.4. The highest BCUT2D eigenvalue weighted by Gasteiger charge is 2.14. The zero-order valence-electron chi connectivity index (χ0n) is 13.8. The van der Waals surface area contributed by atoms with Gasteiger partial charge in [-0.2, -0.15) is 5.10 Å². The lowest BCUT2D eigenvalue weighted by Crippen LogP contribution is -2.22. The van der Waals surface area contributed by atoms with E-state index in [9.17, 15) is 9.59 Å². The molecule has 1 heterocycles. The lowest BCUT2D eigenvalue weighted by atomic mass is 10.2. The molecule has 1 N–H and O–H groups in total. The molecule has 2 aromatic carbocycles. The van der Waals surface area contributed by atoms with Gasteiger partial charge < -0.3 is 10.1 Å². The third kappa shape index (κ3) is 3.89. The zero-order chi connectivity index (χ0) is 18.7. The SMILES string of the molecule is CCOc1c(Br)cc(Cl)cc1NC(=O)Cn1ncc(=O)c2ccccc21. The average molecular weight is 437 g/mol. The summed E-state index contributed by atoms with van der Waals surface area (Å²) in [6.07, 6.45) is 1.21. The lowest BCUT2D eigenvalue weighted by molar-refractivity contribution is -0.116. The van der Waals surface area contributed by atoms with Gasteiger partial charge in [0.15, 0.2) is 5.75 Å². The van der Waals surface area contributed by atoms with Crippen LogP contribution in [0.3, 0.4) is 0 Å². The molecule has 0 saturated heterocycles. The van der Waals surface area contributed by atoms with Crippen LogP contribution >= 0.6 is 27.5 Å². The third-order valence-electron chi connectivity index (χ3n) is 3.63. The van der Waals surface area contributed by atoms with Crippen molar-refractivity contribution in [3.63, 3.8) is 0 Å². The Labute approximate surface area is 162 Å². The molecule has 0 saturated carbocycles. The van der Waals surface area contributed by atoms with Gasteiger partial charge in [0.25, 0.3) is 0 Å². The summed E-state index contributed by atoms with van der Waals surface area (Å²) in [6, 6.07) is 10.3. The van der Waals surface area contributed by atoms with Crippen LogP contribution in [0.2, 0.25) is 5.02 Å². The average Bonchev–Trinajstić information content (AvgIpc) is 2.60. The van der Waals surface area contributed by atoms with Gasteiger partial charge in [-0.15, -0.1) is 0 Å². The van der Waals surface area contributed by atoms with Crippen molar-refractivity contribution in [1.82, 2.24) is 9.78 Å². The molecule has 0 bridgehead atoms. The highest BCUT2D eigenvalue weighted by atomic mass is 79.9. The largest absolute Gasteiger partial charge is 0.491 e. The molecule has 26 heavy (non-hydrogen) atoms. The molecule has 0 radical (unpaired) electrons. The zero-order valence-corrected chi connectivity index (χ0v) is 16.2. The number of fused-ring (bicyclic) bond motifs is 1. The second-order valence-corrected chi connectivity index (χ2v) is 6.72. The Morgan fingerprint density at radius 3 is 2.88 bits per heavy atom. The van der Waals surface area contributed by atoms with E-state index in [-0.39, 0.29) is 17.9 Å². The number of halogens is 2. The Bertz CT molecular complexity index is 1040. The lowest BCUT2D eigenvalue weighted by Gasteiger charge is -2.15. The number of benzene rings is 2. The second kappa shape index (κ2) is 7.88. The maximum atomic E-state index is 12.5. The van der Waals surface area contributed by atoms with Crippen molar-refractivity contribution in [3.05, 3.63) is 62.3 Å². The highest BCUT2D eigenvalue weighted by Crippen LogP contribution is 2.36. The van der Waals surface area contributed by atoms with Crippen LogP contribution in [-0.2, 0) is 11.3 Å². The molecule has 0 aliphatic heterocycles. The van der Waals surface area contributed by atoms with E-state index in [0.29, 0.717) is 38.4 Å². The van der Waals surface area contributed by atoms with Gasteiger partial charge in [-0.3, -0.25) is 14.3 Å². The number of ether oxygens (including phenoxy) is 1. The van der Waals surface area contributed by atoms with Crippen LogP contribution in [0, 0.1) is 0 Å². The number of anilines is 1. The van der Waals surface area contributed by atoms with Crippen molar-refractivity contribution in [2.24, 2.45) is 0 Å². The number of nitrogens with zero attached hydrogens (tertiary/aromatic N) is 2. The van der Waals surface area contributed by atoms with Gasteiger partial charge >= 0.3 is 0 Å². The van der Waals surface area contributed by atoms with Gasteiger partial charge in [-0.1, -0.05) is 23.7 Å². The molecule has 0 fully saturated rings. The standard InChI is InChI=1S/C18H15BrClN3O3/c1-2-26-18-13(19)7-11(20)8-14(18)22-17(25)10-23-15-6-4-3-5-12(15)16(24)9-21-23/h3-9H,2,10H2,1H3,(H,22,25). The van der Waals surface area contributed by atoms with Crippen LogP contribution in [0.4, 0.5) is 5.69 Å². The van der Waals surface area contributed by atoms with Crippen molar-refractivity contribution in [1.29, 1.82) is 0 Å². The number of rotatable bonds is 5. The molecule has 0 aliphatic carbocycles. The van der Waals surface area contributed by atoms with Crippen molar-refractivity contribution < 1.29 is 9.53 Å². The molecule has 6 nitrogen and oxygen atoms in total. The summed E-state index contributed by atoms with van der Waals surface area (Å²) < 4.78 is 7.70. The number of carbonyl (C=O) groups excluding carboxylic acids is 1. The first-order valence-electron chi connectivity index (χ1n) is 7.86. The minimum Gasteiger partial charge on any atom is -0.491 e. The molecule has 1 aromatic heterocycles. The number of carbonyl (C=O) groups is 1. The first-order valence-corrected chi connectivity index (χ1v) is 9.03. The summed E-state index contributed by atoms with van der Waals surface area (Å²) in [5, 5.41) is 7.82. The van der Waals surface area contributed by atoms with E-state index < -0.39 is 0 Å². The van der Waals surface area contributed by atoms with Gasteiger partial charge in [0.1, 0.15) is 6.54 Å². The number of aromatic nitrogens is 2. The minimum absolute atomic E-state index is 0.0590. The number of hydrogen-bond donors (Lipinski definition) is 1. The van der Waals surface area contributed by atoms with E-state index in [4.69, 9.17) is 16.3 Å². The van der Waals surface area contributed by atoms with E-state index in [1.807, 2.05) is 6.92 Å². The van der Waals surface area contributed by atoms with Gasteiger partial charge in [-0.25, -0.2) is 0 Å². The summed E-state index contributed by atoms with van der Waals surface area (Å²) >= 11 is 9.46. The molecule has 1 amide bonds. The molecule has 0 unspecified atom stereocenters. The van der Waals surface area contributed by atoms with Crippen LogP contribution in [0.1, 0.15) is 6.92 Å². The van der Waals surface area contributed by atoms with E-state index in [0.717, 1.165) is 0 Å². The fourth-order valence-electron chi connectivity index (χ4n) is 2.56. The molecule has 0 spiro atoms. The summed E-state index contributed by atoms with van der Waals surface area (Å²) in [7, 11) is 0. The van der Waals surface area contributed by atoms with E-state index in [1.165, 1.54) is 10.9 Å². The Balaban J connectivity index is 1.89. The van der Waals surface area contributed by atoms with Gasteiger partial charge in [0, 0.05) is 10.4 Å². The Kier molecular flexibility index (Phi) is 5.58. The van der Waals surface area contributed by atoms with E-state index in [1.54, 1.807) is 36.4 Å². The molecular formula is C18H15BrClN3O3. The Morgan fingerprint density at radius 2 is 2.12 bits per heavy atom. The van der Waals surface area contributed by atoms with Crippen LogP contribution in [0.25, 0.3) is 10.9 Å². The highest BCUT2D eigenvalue weighted by molar-refractivity contribution is 9.10. The maximum absolute atomic E-state index is 12.5. The quantitative estimate of drug-likeness (QED) is 0.659.